The average Bonchev–Trinajstić information content (AvgIpc) is 2.46. The lowest BCUT2D eigenvalue weighted by Crippen LogP contribution is -2.35. The van der Waals surface area contributed by atoms with Crippen molar-refractivity contribution in [2.75, 3.05) is 0 Å². The molecule has 3 nitrogen and oxygen atoms in total. The summed E-state index contributed by atoms with van der Waals surface area (Å²) in [6, 6.07) is 17.7. The van der Waals surface area contributed by atoms with Gasteiger partial charge in [-0.3, -0.25) is 0 Å². The van der Waals surface area contributed by atoms with Crippen LogP contribution in [0.15, 0.2) is 54.6 Å². The van der Waals surface area contributed by atoms with Gasteiger partial charge in [0.15, 0.2) is 0 Å². The summed E-state index contributed by atoms with van der Waals surface area (Å²) in [4.78, 5) is 0. The Morgan fingerprint density at radius 3 is 2.32 bits per heavy atom. The molecule has 2 aromatic rings. The molecule has 0 bridgehead atoms. The van der Waals surface area contributed by atoms with Gasteiger partial charge in [0, 0.05) is 12.6 Å². The lowest BCUT2D eigenvalue weighted by molar-refractivity contribution is 0.425. The van der Waals surface area contributed by atoms with Crippen LogP contribution < -0.4 is 10.8 Å². The maximum atomic E-state index is 9.31. The molecule has 0 aromatic heterocycles. The average molecular weight is 255 g/mol. The fourth-order valence-corrected chi connectivity index (χ4v) is 2.07. The van der Waals surface area contributed by atoms with Gasteiger partial charge in [0.1, 0.15) is 0 Å². The highest BCUT2D eigenvalue weighted by Crippen LogP contribution is 2.11. The van der Waals surface area contributed by atoms with E-state index in [1.54, 1.807) is 12.1 Å². The first kappa shape index (κ1) is 13.8. The number of rotatable bonds is 5. The topological polar surface area (TPSA) is 52.5 Å². The molecular formula is C15H18BNO2. The van der Waals surface area contributed by atoms with Crippen LogP contribution in [0.3, 0.4) is 0 Å². The fraction of sp³-hybridized carbons (Fsp3) is 0.200. The van der Waals surface area contributed by atoms with Gasteiger partial charge in [0.25, 0.3) is 0 Å². The van der Waals surface area contributed by atoms with Gasteiger partial charge in [0.2, 0.25) is 0 Å². The lowest BCUT2D eigenvalue weighted by Gasteiger charge is -2.16. The van der Waals surface area contributed by atoms with Gasteiger partial charge < -0.3 is 15.4 Å². The van der Waals surface area contributed by atoms with Gasteiger partial charge in [-0.25, -0.2) is 0 Å². The first-order valence-corrected chi connectivity index (χ1v) is 6.40. The quantitative estimate of drug-likeness (QED) is 0.704. The molecule has 0 amide bonds. The molecule has 0 radical (unpaired) electrons. The first-order chi connectivity index (χ1) is 9.18. The smallest absolute Gasteiger partial charge is 0.423 e. The normalized spacial score (nSPS) is 12.2. The van der Waals surface area contributed by atoms with Gasteiger partial charge in [-0.1, -0.05) is 54.6 Å². The molecule has 4 heteroatoms. The highest BCUT2D eigenvalue weighted by atomic mass is 16.4. The van der Waals surface area contributed by atoms with Crippen molar-refractivity contribution in [2.45, 2.75) is 19.5 Å². The van der Waals surface area contributed by atoms with Crippen LogP contribution in [0.1, 0.15) is 24.1 Å². The van der Waals surface area contributed by atoms with Gasteiger partial charge in [0.05, 0.1) is 0 Å². The molecule has 3 N–H and O–H groups in total. The summed E-state index contributed by atoms with van der Waals surface area (Å²) in [7, 11) is -1.43. The highest BCUT2D eigenvalue weighted by molar-refractivity contribution is 6.59. The van der Waals surface area contributed by atoms with Crippen molar-refractivity contribution in [3.05, 3.63) is 65.7 Å². The van der Waals surface area contributed by atoms with Crippen LogP contribution in [0.25, 0.3) is 0 Å². The molecule has 0 fully saturated rings. The Hall–Kier alpha value is -1.62. The molecule has 0 aliphatic rings. The van der Waals surface area contributed by atoms with Crippen LogP contribution in [0.4, 0.5) is 0 Å². The predicted molar refractivity (Wildman–Crippen MR) is 78.0 cm³/mol. The third kappa shape index (κ3) is 3.67. The summed E-state index contributed by atoms with van der Waals surface area (Å²) in [5, 5.41) is 22.0. The second-order valence-electron chi connectivity index (χ2n) is 4.59. The zero-order valence-corrected chi connectivity index (χ0v) is 11.0. The predicted octanol–water partition coefficient (Wildman–Crippen LogP) is 1.22. The summed E-state index contributed by atoms with van der Waals surface area (Å²) in [6.45, 7) is 2.69. The molecule has 0 aliphatic heterocycles. The van der Waals surface area contributed by atoms with Crippen molar-refractivity contribution < 1.29 is 10.0 Å². The van der Waals surface area contributed by atoms with Gasteiger partial charge >= 0.3 is 7.12 Å². The Kier molecular flexibility index (Phi) is 4.74. The van der Waals surface area contributed by atoms with Gasteiger partial charge in [-0.05, 0) is 23.5 Å². The molecule has 0 spiro atoms. The lowest BCUT2D eigenvalue weighted by atomic mass is 9.77. The Labute approximate surface area is 114 Å². The molecule has 2 rings (SSSR count). The number of nitrogens with one attached hydrogen (secondary N) is 1. The number of benzene rings is 2. The van der Waals surface area contributed by atoms with E-state index in [1.807, 2.05) is 30.3 Å². The standard InChI is InChI=1S/C15H18BNO2/c1-12(13-7-3-2-4-8-13)17-11-14-9-5-6-10-15(14)16(18)19/h2-10,12,17-19H,11H2,1H3/t12-/m1/s1. The molecule has 2 aromatic carbocycles. The Morgan fingerprint density at radius 2 is 1.63 bits per heavy atom. The summed E-state index contributed by atoms with van der Waals surface area (Å²) < 4.78 is 0. The molecule has 0 unspecified atom stereocenters. The Bertz CT molecular complexity index is 517. The van der Waals surface area contributed by atoms with Crippen LogP contribution >= 0.6 is 0 Å². The molecule has 0 aliphatic carbocycles. The van der Waals surface area contributed by atoms with E-state index >= 15 is 0 Å². The molecule has 0 saturated heterocycles. The maximum absolute atomic E-state index is 9.31. The SMILES string of the molecule is C[C@@H](NCc1ccccc1B(O)O)c1ccccc1. The zero-order valence-electron chi connectivity index (χ0n) is 11.0. The Morgan fingerprint density at radius 1 is 1.00 bits per heavy atom. The molecule has 0 heterocycles. The van der Waals surface area contributed by atoms with Crippen molar-refractivity contribution >= 4 is 12.6 Å². The van der Waals surface area contributed by atoms with E-state index < -0.39 is 7.12 Å². The van der Waals surface area contributed by atoms with Crippen LogP contribution in [0.2, 0.25) is 0 Å². The van der Waals surface area contributed by atoms with E-state index in [4.69, 9.17) is 0 Å². The Balaban J connectivity index is 2.03. The molecule has 19 heavy (non-hydrogen) atoms. The third-order valence-corrected chi connectivity index (χ3v) is 3.23. The van der Waals surface area contributed by atoms with Crippen molar-refractivity contribution in [2.24, 2.45) is 0 Å². The van der Waals surface area contributed by atoms with E-state index in [-0.39, 0.29) is 6.04 Å². The van der Waals surface area contributed by atoms with Crippen molar-refractivity contribution in [3.63, 3.8) is 0 Å². The molecule has 98 valence electrons. The van der Waals surface area contributed by atoms with E-state index in [0.29, 0.717) is 12.0 Å². The minimum atomic E-state index is -1.43. The van der Waals surface area contributed by atoms with Gasteiger partial charge in [-0.2, -0.15) is 0 Å². The fourth-order valence-electron chi connectivity index (χ4n) is 2.07. The van der Waals surface area contributed by atoms with Crippen molar-refractivity contribution in [3.8, 4) is 0 Å². The van der Waals surface area contributed by atoms with Crippen molar-refractivity contribution in [1.29, 1.82) is 0 Å². The minimum Gasteiger partial charge on any atom is -0.423 e. The van der Waals surface area contributed by atoms with Crippen LogP contribution in [-0.4, -0.2) is 17.2 Å². The summed E-state index contributed by atoms with van der Waals surface area (Å²) in [6.07, 6.45) is 0. The number of hydrogen-bond acceptors (Lipinski definition) is 3. The molecule has 0 saturated carbocycles. The largest absolute Gasteiger partial charge is 0.488 e. The second kappa shape index (κ2) is 6.52. The molecular weight excluding hydrogens is 237 g/mol. The van der Waals surface area contributed by atoms with E-state index in [0.717, 1.165) is 5.56 Å². The van der Waals surface area contributed by atoms with Crippen LogP contribution in [-0.2, 0) is 6.54 Å². The maximum Gasteiger partial charge on any atom is 0.488 e. The van der Waals surface area contributed by atoms with E-state index in [9.17, 15) is 10.0 Å². The first-order valence-electron chi connectivity index (χ1n) is 6.40. The minimum absolute atomic E-state index is 0.213. The van der Waals surface area contributed by atoms with Crippen LogP contribution in [0.5, 0.6) is 0 Å². The summed E-state index contributed by atoms with van der Waals surface area (Å²) >= 11 is 0. The van der Waals surface area contributed by atoms with E-state index in [2.05, 4.69) is 24.4 Å². The highest BCUT2D eigenvalue weighted by Gasteiger charge is 2.15. The van der Waals surface area contributed by atoms with Crippen LogP contribution in [0, 0.1) is 0 Å². The molecule has 1 atom stereocenters. The monoisotopic (exact) mass is 255 g/mol. The van der Waals surface area contributed by atoms with E-state index in [1.165, 1.54) is 5.56 Å². The zero-order chi connectivity index (χ0) is 13.7. The third-order valence-electron chi connectivity index (χ3n) is 3.23. The summed E-state index contributed by atoms with van der Waals surface area (Å²) in [5.41, 5.74) is 2.67. The number of hydrogen-bond donors (Lipinski definition) is 3. The second-order valence-corrected chi connectivity index (χ2v) is 4.59. The van der Waals surface area contributed by atoms with Crippen molar-refractivity contribution in [1.82, 2.24) is 5.32 Å². The van der Waals surface area contributed by atoms with Gasteiger partial charge in [-0.15, -0.1) is 0 Å². The summed E-state index contributed by atoms with van der Waals surface area (Å²) in [5.74, 6) is 0.